The highest BCUT2D eigenvalue weighted by molar-refractivity contribution is 6.62. The van der Waals surface area contributed by atoms with E-state index in [1.54, 1.807) is 6.20 Å². The van der Waals surface area contributed by atoms with Crippen LogP contribution in [0.25, 0.3) is 11.1 Å². The second kappa shape index (κ2) is 7.82. The second-order valence-electron chi connectivity index (χ2n) is 8.71. The van der Waals surface area contributed by atoms with Crippen molar-refractivity contribution in [3.8, 4) is 11.1 Å². The van der Waals surface area contributed by atoms with Crippen molar-refractivity contribution in [3.63, 3.8) is 0 Å². The molecule has 30 heavy (non-hydrogen) atoms. The molecule has 0 amide bonds. The number of hydrogen-bond acceptors (Lipinski definition) is 4. The summed E-state index contributed by atoms with van der Waals surface area (Å²) in [6.07, 6.45) is 2.02. The third-order valence-electron chi connectivity index (χ3n) is 6.02. The first-order chi connectivity index (χ1) is 14.2. The molecule has 1 aliphatic heterocycles. The molecule has 1 saturated heterocycles. The van der Waals surface area contributed by atoms with E-state index in [1.165, 1.54) is 0 Å². The van der Waals surface area contributed by atoms with Crippen LogP contribution in [0, 0.1) is 0 Å². The summed E-state index contributed by atoms with van der Waals surface area (Å²) in [6, 6.07) is 21.5. The zero-order valence-electron chi connectivity index (χ0n) is 17.9. The zero-order chi connectivity index (χ0) is 21.4. The minimum Gasteiger partial charge on any atom is -0.399 e. The predicted octanol–water partition coefficient (Wildman–Crippen LogP) is 4.47. The first kappa shape index (κ1) is 20.5. The molecule has 0 saturated carbocycles. The largest absolute Gasteiger partial charge is 0.494 e. The van der Waals surface area contributed by atoms with Crippen molar-refractivity contribution in [2.24, 2.45) is 0 Å². The Morgan fingerprint density at radius 1 is 0.867 bits per heavy atom. The van der Waals surface area contributed by atoms with Gasteiger partial charge in [-0.15, -0.1) is 0 Å². The molecular weight excluding hydrogens is 373 g/mol. The van der Waals surface area contributed by atoms with Crippen molar-refractivity contribution in [2.75, 3.05) is 0 Å². The first-order valence-electron chi connectivity index (χ1n) is 10.2. The molecule has 4 nitrogen and oxygen atoms in total. The summed E-state index contributed by atoms with van der Waals surface area (Å²) in [5.41, 5.74) is 3.72. The van der Waals surface area contributed by atoms with E-state index in [0.29, 0.717) is 5.56 Å². The topological polar surface area (TPSA) is 48.4 Å². The van der Waals surface area contributed by atoms with Gasteiger partial charge in [0.2, 0.25) is 0 Å². The van der Waals surface area contributed by atoms with Crippen LogP contribution in [-0.2, 0) is 15.7 Å². The van der Waals surface area contributed by atoms with E-state index in [9.17, 15) is 4.79 Å². The monoisotopic (exact) mass is 399 g/mol. The number of Topliss-reactive ketones (excluding diaryl/α,β-unsaturated/α-hetero) is 1. The minimum atomic E-state index is -0.427. The maximum atomic E-state index is 12.8. The summed E-state index contributed by atoms with van der Waals surface area (Å²) in [5.74, 6) is 0.0354. The van der Waals surface area contributed by atoms with Gasteiger partial charge in [-0.25, -0.2) is 0 Å². The number of hydrogen-bond donors (Lipinski definition) is 0. The van der Waals surface area contributed by atoms with E-state index in [1.807, 2.05) is 82.3 Å². The first-order valence-corrected chi connectivity index (χ1v) is 10.2. The summed E-state index contributed by atoms with van der Waals surface area (Å²) in [6.45, 7) is 8.12. The van der Waals surface area contributed by atoms with Crippen molar-refractivity contribution in [1.29, 1.82) is 0 Å². The number of aromatic nitrogens is 1. The normalized spacial score (nSPS) is 17.1. The quantitative estimate of drug-likeness (QED) is 0.469. The third-order valence-corrected chi connectivity index (χ3v) is 6.02. The molecule has 0 atom stereocenters. The van der Waals surface area contributed by atoms with Crippen molar-refractivity contribution in [3.05, 3.63) is 84.2 Å². The number of carbonyl (C=O) groups is 1. The fourth-order valence-electron chi connectivity index (χ4n) is 3.46. The molecule has 0 N–H and O–H groups in total. The molecule has 2 aromatic carbocycles. The fourth-order valence-corrected chi connectivity index (χ4v) is 3.46. The molecule has 3 aromatic rings. The van der Waals surface area contributed by atoms with Gasteiger partial charge in [-0.1, -0.05) is 54.6 Å². The summed E-state index contributed by atoms with van der Waals surface area (Å²) in [4.78, 5) is 17.2. The number of benzene rings is 2. The summed E-state index contributed by atoms with van der Waals surface area (Å²) in [7, 11) is -0.427. The lowest BCUT2D eigenvalue weighted by Gasteiger charge is -2.32. The van der Waals surface area contributed by atoms with Crippen LogP contribution >= 0.6 is 0 Å². The van der Waals surface area contributed by atoms with Crippen molar-refractivity contribution < 1.29 is 14.1 Å². The highest BCUT2D eigenvalue weighted by atomic mass is 16.7. The van der Waals surface area contributed by atoms with Gasteiger partial charge >= 0.3 is 7.12 Å². The van der Waals surface area contributed by atoms with E-state index in [4.69, 9.17) is 9.31 Å². The summed E-state index contributed by atoms with van der Waals surface area (Å²) >= 11 is 0. The average Bonchev–Trinajstić information content (AvgIpc) is 2.96. The number of pyridine rings is 1. The predicted molar refractivity (Wildman–Crippen MR) is 120 cm³/mol. The van der Waals surface area contributed by atoms with Gasteiger partial charge in [-0.05, 0) is 56.4 Å². The standard InChI is InChI=1S/C25H26BNO3/c1-24(2)25(3,4)30-26(29-24)21-12-10-19(11-13-21)23(28)17-22-16-20(14-15-27-22)18-8-6-5-7-9-18/h5-16H,17H2,1-4H3. The number of carbonyl (C=O) groups excluding carboxylic acids is 1. The van der Waals surface area contributed by atoms with Crippen LogP contribution in [0.1, 0.15) is 43.7 Å². The van der Waals surface area contributed by atoms with Crippen molar-refractivity contribution in [2.45, 2.75) is 45.3 Å². The Labute approximate surface area is 178 Å². The second-order valence-corrected chi connectivity index (χ2v) is 8.71. The van der Waals surface area contributed by atoms with Gasteiger partial charge in [0.15, 0.2) is 5.78 Å². The van der Waals surface area contributed by atoms with Crippen LogP contribution in [0.4, 0.5) is 0 Å². The van der Waals surface area contributed by atoms with Crippen LogP contribution in [0.5, 0.6) is 0 Å². The fraction of sp³-hybridized carbons (Fsp3) is 0.280. The molecule has 2 heterocycles. The van der Waals surface area contributed by atoms with Crippen LogP contribution in [0.3, 0.4) is 0 Å². The Morgan fingerprint density at radius 3 is 2.13 bits per heavy atom. The average molecular weight is 399 g/mol. The minimum absolute atomic E-state index is 0.0354. The smallest absolute Gasteiger partial charge is 0.399 e. The highest BCUT2D eigenvalue weighted by Crippen LogP contribution is 2.36. The van der Waals surface area contributed by atoms with Crippen molar-refractivity contribution >= 4 is 18.4 Å². The zero-order valence-corrected chi connectivity index (χ0v) is 17.9. The van der Waals surface area contributed by atoms with Crippen LogP contribution < -0.4 is 5.46 Å². The van der Waals surface area contributed by atoms with Crippen molar-refractivity contribution in [1.82, 2.24) is 4.98 Å². The van der Waals surface area contributed by atoms with E-state index < -0.39 is 7.12 Å². The van der Waals surface area contributed by atoms with Gasteiger partial charge in [-0.3, -0.25) is 9.78 Å². The Kier molecular flexibility index (Phi) is 5.35. The maximum absolute atomic E-state index is 12.8. The van der Waals surface area contributed by atoms with Crippen LogP contribution in [0.2, 0.25) is 0 Å². The molecule has 0 unspecified atom stereocenters. The molecular formula is C25H26BNO3. The Bertz CT molecular complexity index is 1030. The van der Waals surface area contributed by atoms with Crippen LogP contribution in [0.15, 0.2) is 72.9 Å². The van der Waals surface area contributed by atoms with Gasteiger partial charge in [-0.2, -0.15) is 0 Å². The third kappa shape index (κ3) is 4.09. The highest BCUT2D eigenvalue weighted by Gasteiger charge is 2.51. The van der Waals surface area contributed by atoms with E-state index in [-0.39, 0.29) is 23.4 Å². The number of rotatable bonds is 5. The van der Waals surface area contributed by atoms with E-state index >= 15 is 0 Å². The molecule has 4 rings (SSSR count). The molecule has 0 aliphatic carbocycles. The Morgan fingerprint density at radius 2 is 1.50 bits per heavy atom. The molecule has 0 bridgehead atoms. The number of ketones is 1. The molecule has 1 aliphatic rings. The van der Waals surface area contributed by atoms with Gasteiger partial charge in [0.05, 0.1) is 17.6 Å². The molecule has 1 aromatic heterocycles. The SMILES string of the molecule is CC1(C)OB(c2ccc(C(=O)Cc3cc(-c4ccccc4)ccn3)cc2)OC1(C)C. The Hall–Kier alpha value is -2.76. The van der Waals surface area contributed by atoms with Gasteiger partial charge in [0.1, 0.15) is 0 Å². The maximum Gasteiger partial charge on any atom is 0.494 e. The molecule has 0 radical (unpaired) electrons. The molecule has 152 valence electrons. The number of nitrogens with zero attached hydrogens (tertiary/aromatic N) is 1. The molecule has 0 spiro atoms. The van der Waals surface area contributed by atoms with Crippen LogP contribution in [-0.4, -0.2) is 29.1 Å². The van der Waals surface area contributed by atoms with Gasteiger partial charge in [0, 0.05) is 17.5 Å². The molecule has 5 heteroatoms. The summed E-state index contributed by atoms with van der Waals surface area (Å²) in [5, 5.41) is 0. The summed E-state index contributed by atoms with van der Waals surface area (Å²) < 4.78 is 12.2. The lowest BCUT2D eigenvalue weighted by molar-refractivity contribution is 0.00578. The molecule has 1 fully saturated rings. The van der Waals surface area contributed by atoms with Gasteiger partial charge in [0.25, 0.3) is 0 Å². The lowest BCUT2D eigenvalue weighted by Crippen LogP contribution is -2.41. The van der Waals surface area contributed by atoms with Gasteiger partial charge < -0.3 is 9.31 Å². The van der Waals surface area contributed by atoms with E-state index in [0.717, 1.165) is 22.3 Å². The Balaban J connectivity index is 1.46. The lowest BCUT2D eigenvalue weighted by atomic mass is 9.78. The van der Waals surface area contributed by atoms with E-state index in [2.05, 4.69) is 17.1 Å².